The quantitative estimate of drug-likeness (QED) is 0.700. The van der Waals surface area contributed by atoms with E-state index in [0.29, 0.717) is 23.1 Å². The van der Waals surface area contributed by atoms with Crippen LogP contribution in [0.4, 0.5) is 4.39 Å². The SMILES string of the molecule is CC1(C)Cc2cc(C3CCCC3)c(C(=O)O)c(-c3ccc(F)cc3)c2[C@@H](O)C1. The van der Waals surface area contributed by atoms with E-state index in [4.69, 9.17) is 0 Å². The molecule has 1 atom stereocenters. The molecule has 2 aromatic rings. The van der Waals surface area contributed by atoms with Gasteiger partial charge in [0.1, 0.15) is 5.82 Å². The molecule has 0 aromatic heterocycles. The zero-order valence-corrected chi connectivity index (χ0v) is 16.5. The average Bonchev–Trinajstić information content (AvgIpc) is 3.14. The third-order valence-electron chi connectivity index (χ3n) is 6.37. The fourth-order valence-electron chi connectivity index (χ4n) is 5.22. The molecule has 0 unspecified atom stereocenters. The van der Waals surface area contributed by atoms with Crippen molar-refractivity contribution in [3.63, 3.8) is 0 Å². The second kappa shape index (κ2) is 7.00. The summed E-state index contributed by atoms with van der Waals surface area (Å²) < 4.78 is 13.5. The first-order valence-corrected chi connectivity index (χ1v) is 10.1. The Balaban J connectivity index is 2.04. The Morgan fingerprint density at radius 3 is 2.39 bits per heavy atom. The number of aromatic carboxylic acids is 1. The van der Waals surface area contributed by atoms with Crippen LogP contribution in [-0.2, 0) is 6.42 Å². The third kappa shape index (κ3) is 3.35. The smallest absolute Gasteiger partial charge is 0.336 e. The monoisotopic (exact) mass is 382 g/mol. The van der Waals surface area contributed by atoms with Gasteiger partial charge in [0.05, 0.1) is 11.7 Å². The van der Waals surface area contributed by atoms with Gasteiger partial charge in [0, 0.05) is 5.56 Å². The molecule has 3 nitrogen and oxygen atoms in total. The predicted octanol–water partition coefficient (Wildman–Crippen LogP) is 5.85. The third-order valence-corrected chi connectivity index (χ3v) is 6.37. The molecule has 148 valence electrons. The molecule has 28 heavy (non-hydrogen) atoms. The Hall–Kier alpha value is -2.20. The van der Waals surface area contributed by atoms with Gasteiger partial charge in [0.2, 0.25) is 0 Å². The highest BCUT2D eigenvalue weighted by Crippen LogP contribution is 2.49. The number of aliphatic hydroxyl groups excluding tert-OH is 1. The molecular weight excluding hydrogens is 355 g/mol. The molecule has 2 aromatic carbocycles. The van der Waals surface area contributed by atoms with E-state index in [1.807, 2.05) is 6.07 Å². The van der Waals surface area contributed by atoms with Gasteiger partial charge in [-0.1, -0.05) is 44.9 Å². The summed E-state index contributed by atoms with van der Waals surface area (Å²) in [4.78, 5) is 12.4. The Bertz CT molecular complexity index is 908. The maximum atomic E-state index is 13.5. The zero-order chi connectivity index (χ0) is 20.1. The van der Waals surface area contributed by atoms with Crippen molar-refractivity contribution >= 4 is 5.97 Å². The first kappa shape index (κ1) is 19.1. The summed E-state index contributed by atoms with van der Waals surface area (Å²) in [5, 5.41) is 21.1. The molecule has 4 rings (SSSR count). The molecule has 0 aliphatic heterocycles. The van der Waals surface area contributed by atoms with E-state index in [-0.39, 0.29) is 22.7 Å². The van der Waals surface area contributed by atoms with Crippen molar-refractivity contribution in [1.29, 1.82) is 0 Å². The number of benzene rings is 2. The largest absolute Gasteiger partial charge is 0.478 e. The van der Waals surface area contributed by atoms with Gasteiger partial charge >= 0.3 is 5.97 Å². The van der Waals surface area contributed by atoms with Gasteiger partial charge in [-0.05, 0) is 71.4 Å². The number of carboxylic acids is 1. The van der Waals surface area contributed by atoms with E-state index in [1.54, 1.807) is 12.1 Å². The van der Waals surface area contributed by atoms with Crippen LogP contribution in [0.3, 0.4) is 0 Å². The van der Waals surface area contributed by atoms with E-state index in [9.17, 15) is 19.4 Å². The summed E-state index contributed by atoms with van der Waals surface area (Å²) in [5.74, 6) is -1.10. The van der Waals surface area contributed by atoms with Gasteiger partial charge in [0.25, 0.3) is 0 Å². The summed E-state index contributed by atoms with van der Waals surface area (Å²) in [7, 11) is 0. The lowest BCUT2D eigenvalue weighted by Crippen LogP contribution is -2.27. The fraction of sp³-hybridized carbons (Fsp3) is 0.458. The Kier molecular flexibility index (Phi) is 4.78. The highest BCUT2D eigenvalue weighted by Gasteiger charge is 2.37. The number of halogens is 1. The molecule has 0 radical (unpaired) electrons. The molecule has 0 amide bonds. The van der Waals surface area contributed by atoms with Crippen LogP contribution in [0.5, 0.6) is 0 Å². The maximum Gasteiger partial charge on any atom is 0.336 e. The lowest BCUT2D eigenvalue weighted by molar-refractivity contribution is 0.0695. The second-order valence-electron chi connectivity index (χ2n) is 9.14. The molecule has 0 bridgehead atoms. The lowest BCUT2D eigenvalue weighted by atomic mass is 9.69. The maximum absolute atomic E-state index is 13.5. The van der Waals surface area contributed by atoms with Crippen LogP contribution in [0, 0.1) is 11.2 Å². The van der Waals surface area contributed by atoms with Gasteiger partial charge in [-0.2, -0.15) is 0 Å². The van der Waals surface area contributed by atoms with E-state index in [2.05, 4.69) is 13.8 Å². The van der Waals surface area contributed by atoms with Crippen molar-refractivity contribution in [3.05, 3.63) is 58.4 Å². The first-order chi connectivity index (χ1) is 13.3. The minimum absolute atomic E-state index is 0.0514. The molecule has 2 aliphatic carbocycles. The van der Waals surface area contributed by atoms with E-state index in [1.165, 1.54) is 12.1 Å². The van der Waals surface area contributed by atoms with E-state index in [0.717, 1.165) is 43.2 Å². The van der Waals surface area contributed by atoms with Crippen molar-refractivity contribution < 1.29 is 19.4 Å². The molecule has 1 saturated carbocycles. The van der Waals surface area contributed by atoms with Crippen LogP contribution in [-0.4, -0.2) is 16.2 Å². The highest BCUT2D eigenvalue weighted by molar-refractivity contribution is 5.99. The number of rotatable bonds is 3. The number of hydrogen-bond donors (Lipinski definition) is 2. The standard InChI is InChI=1S/C24H27FO3/c1-24(2)12-16-11-18(14-5-3-4-6-14)22(23(27)28)21(20(16)19(26)13-24)15-7-9-17(25)10-8-15/h7-11,14,19,26H,3-6,12-13H2,1-2H3,(H,27,28)/t19-/m0/s1. The van der Waals surface area contributed by atoms with Crippen LogP contribution >= 0.6 is 0 Å². The van der Waals surface area contributed by atoms with Gasteiger partial charge < -0.3 is 10.2 Å². The van der Waals surface area contributed by atoms with Crippen LogP contribution in [0.15, 0.2) is 30.3 Å². The van der Waals surface area contributed by atoms with Gasteiger partial charge in [-0.3, -0.25) is 0 Å². The lowest BCUT2D eigenvalue weighted by Gasteiger charge is -2.37. The Morgan fingerprint density at radius 2 is 1.79 bits per heavy atom. The van der Waals surface area contributed by atoms with Crippen molar-refractivity contribution in [3.8, 4) is 11.1 Å². The predicted molar refractivity (Wildman–Crippen MR) is 107 cm³/mol. The molecule has 1 fully saturated rings. The van der Waals surface area contributed by atoms with Gasteiger partial charge in [-0.25, -0.2) is 9.18 Å². The number of fused-ring (bicyclic) bond motifs is 1. The molecule has 0 heterocycles. The average molecular weight is 382 g/mol. The summed E-state index contributed by atoms with van der Waals surface area (Å²) in [6.07, 6.45) is 4.86. The molecule has 2 aliphatic rings. The van der Waals surface area contributed by atoms with Crippen molar-refractivity contribution in [2.45, 2.75) is 64.4 Å². The molecule has 2 N–H and O–H groups in total. The highest BCUT2D eigenvalue weighted by atomic mass is 19.1. The Labute approximate surface area is 165 Å². The second-order valence-corrected chi connectivity index (χ2v) is 9.14. The summed E-state index contributed by atoms with van der Waals surface area (Å²) in [6.45, 7) is 4.27. The van der Waals surface area contributed by atoms with Crippen LogP contribution in [0.1, 0.15) is 85.0 Å². The fourth-order valence-corrected chi connectivity index (χ4v) is 5.22. The minimum atomic E-state index is -0.971. The van der Waals surface area contributed by atoms with Gasteiger partial charge in [0.15, 0.2) is 0 Å². The minimum Gasteiger partial charge on any atom is -0.478 e. The molecule has 0 spiro atoms. The zero-order valence-electron chi connectivity index (χ0n) is 16.5. The van der Waals surface area contributed by atoms with E-state index < -0.39 is 12.1 Å². The van der Waals surface area contributed by atoms with Crippen LogP contribution < -0.4 is 0 Å². The summed E-state index contributed by atoms with van der Waals surface area (Å²) >= 11 is 0. The van der Waals surface area contributed by atoms with Crippen LogP contribution in [0.25, 0.3) is 11.1 Å². The number of carboxylic acid groups (broad SMARTS) is 1. The van der Waals surface area contributed by atoms with E-state index >= 15 is 0 Å². The van der Waals surface area contributed by atoms with Crippen LogP contribution in [0.2, 0.25) is 0 Å². The first-order valence-electron chi connectivity index (χ1n) is 10.1. The number of aliphatic hydroxyl groups is 1. The topological polar surface area (TPSA) is 57.5 Å². The van der Waals surface area contributed by atoms with Crippen molar-refractivity contribution in [2.75, 3.05) is 0 Å². The molecule has 4 heteroatoms. The van der Waals surface area contributed by atoms with Crippen molar-refractivity contribution in [2.24, 2.45) is 5.41 Å². The molecule has 0 saturated heterocycles. The van der Waals surface area contributed by atoms with Crippen molar-refractivity contribution in [1.82, 2.24) is 0 Å². The Morgan fingerprint density at radius 1 is 1.14 bits per heavy atom. The summed E-state index contributed by atoms with van der Waals surface area (Å²) in [6, 6.07) is 8.01. The number of hydrogen-bond acceptors (Lipinski definition) is 2. The van der Waals surface area contributed by atoms with Gasteiger partial charge in [-0.15, -0.1) is 0 Å². The summed E-state index contributed by atoms with van der Waals surface area (Å²) in [5.41, 5.74) is 4.11. The molecular formula is C24H27FO3. The number of carbonyl (C=O) groups is 1. The normalized spacial score (nSPS) is 21.5.